The van der Waals surface area contributed by atoms with Crippen LogP contribution in [0.1, 0.15) is 76.0 Å². The standard InChI is InChI=1S/C27H37N2O5P.C4H10/c30-25(21-33-26-14-8-7-13-24(26)20-34-35(31)32)19-28-15-17-29(18-16-28)27(22-9-3-1-4-10-22)23-11-5-2-6-12-23;1-3-4-2/h1,3-4,7-10,13-14,23,25,27,30H,2,5-6,11-12,15-21H2;3-4H2,1-2H3. The fourth-order valence-corrected chi connectivity index (χ4v) is 5.77. The van der Waals surface area contributed by atoms with Gasteiger partial charge in [-0.15, -0.1) is 4.52 Å². The van der Waals surface area contributed by atoms with Crippen LogP contribution in [0.15, 0.2) is 54.6 Å². The first kappa shape index (κ1) is 31.7. The van der Waals surface area contributed by atoms with Gasteiger partial charge in [-0.05, 0) is 35.0 Å². The summed E-state index contributed by atoms with van der Waals surface area (Å²) in [5.74, 6) is 1.26. The molecule has 1 N–H and O–H groups in total. The van der Waals surface area contributed by atoms with Crippen LogP contribution in [0.4, 0.5) is 0 Å². The van der Waals surface area contributed by atoms with E-state index in [0.717, 1.165) is 32.1 Å². The summed E-state index contributed by atoms with van der Waals surface area (Å²) >= 11 is 0. The molecule has 0 spiro atoms. The van der Waals surface area contributed by atoms with Gasteiger partial charge in [-0.25, -0.2) is 0 Å². The summed E-state index contributed by atoms with van der Waals surface area (Å²) in [6.07, 6.45) is 8.67. The van der Waals surface area contributed by atoms with Crippen molar-refractivity contribution in [2.75, 3.05) is 39.3 Å². The van der Waals surface area contributed by atoms with E-state index in [1.807, 2.05) is 6.07 Å². The largest absolute Gasteiger partial charge is 0.566 e. The normalized spacial score (nSPS) is 19.0. The fourth-order valence-electron chi connectivity index (χ4n) is 5.53. The summed E-state index contributed by atoms with van der Waals surface area (Å²) in [5, 5.41) is 10.6. The third kappa shape index (κ3) is 10.9. The zero-order chi connectivity index (χ0) is 27.9. The van der Waals surface area contributed by atoms with E-state index >= 15 is 0 Å². The van der Waals surface area contributed by atoms with Crippen LogP contribution in [0.3, 0.4) is 0 Å². The lowest BCUT2D eigenvalue weighted by Gasteiger charge is -2.44. The Kier molecular flexibility index (Phi) is 14.4. The van der Waals surface area contributed by atoms with Crippen LogP contribution in [0, 0.1) is 5.92 Å². The summed E-state index contributed by atoms with van der Waals surface area (Å²) in [4.78, 5) is 15.7. The number of ether oxygens (including phenoxy) is 1. The van der Waals surface area contributed by atoms with Gasteiger partial charge in [-0.3, -0.25) is 9.80 Å². The molecule has 4 rings (SSSR count). The summed E-state index contributed by atoms with van der Waals surface area (Å²) in [6, 6.07) is 18.6. The average molecular weight is 559 g/mol. The van der Waals surface area contributed by atoms with E-state index in [1.54, 1.807) is 18.2 Å². The van der Waals surface area contributed by atoms with Gasteiger partial charge in [0.2, 0.25) is 0 Å². The Morgan fingerprint density at radius 3 is 2.23 bits per heavy atom. The number of benzene rings is 2. The predicted octanol–water partition coefficient (Wildman–Crippen LogP) is 5.71. The summed E-state index contributed by atoms with van der Waals surface area (Å²) < 4.78 is 21.2. The predicted molar refractivity (Wildman–Crippen MR) is 155 cm³/mol. The number of rotatable bonds is 12. The van der Waals surface area contributed by atoms with Crippen molar-refractivity contribution in [2.45, 2.75) is 77.5 Å². The highest BCUT2D eigenvalue weighted by Gasteiger charge is 2.32. The van der Waals surface area contributed by atoms with Crippen molar-refractivity contribution in [3.05, 3.63) is 65.7 Å². The third-order valence-electron chi connectivity index (χ3n) is 7.74. The Bertz CT molecular complexity index is 947. The molecule has 2 aromatic carbocycles. The van der Waals surface area contributed by atoms with Crippen LogP contribution in [0.25, 0.3) is 0 Å². The maximum atomic E-state index is 10.7. The number of unbranched alkanes of at least 4 members (excludes halogenated alkanes) is 1. The first-order valence-corrected chi connectivity index (χ1v) is 15.8. The maximum Gasteiger partial charge on any atom is 0.488 e. The Morgan fingerprint density at radius 1 is 0.949 bits per heavy atom. The Labute approximate surface area is 236 Å². The van der Waals surface area contributed by atoms with Gasteiger partial charge in [0.25, 0.3) is 0 Å². The van der Waals surface area contributed by atoms with Gasteiger partial charge in [-0.1, -0.05) is 94.5 Å². The van der Waals surface area contributed by atoms with Crippen LogP contribution in [-0.2, 0) is 15.7 Å². The summed E-state index contributed by atoms with van der Waals surface area (Å²) in [7, 11) is -2.91. The second-order valence-electron chi connectivity index (χ2n) is 10.7. The van der Waals surface area contributed by atoms with Gasteiger partial charge in [-0.2, -0.15) is 0 Å². The number of β-amino-alcohol motifs (C(OH)–C–C–N with tert-alkyl or cyclic N) is 1. The van der Waals surface area contributed by atoms with Crippen LogP contribution < -0.4 is 9.63 Å². The fraction of sp³-hybridized carbons (Fsp3) is 0.613. The van der Waals surface area contributed by atoms with E-state index in [-0.39, 0.29) is 13.2 Å². The summed E-state index contributed by atoms with van der Waals surface area (Å²) in [6.45, 7) is 8.83. The molecule has 1 aliphatic heterocycles. The van der Waals surface area contributed by atoms with E-state index in [2.05, 4.69) is 54.0 Å². The molecular weight excluding hydrogens is 511 g/mol. The van der Waals surface area contributed by atoms with E-state index in [0.29, 0.717) is 23.9 Å². The van der Waals surface area contributed by atoms with Gasteiger partial charge >= 0.3 is 8.25 Å². The monoisotopic (exact) mass is 558 g/mol. The molecule has 39 heavy (non-hydrogen) atoms. The van der Waals surface area contributed by atoms with E-state index in [4.69, 9.17) is 9.26 Å². The number of aliphatic hydroxyl groups excluding tert-OH is 1. The lowest BCUT2D eigenvalue weighted by atomic mass is 9.80. The highest BCUT2D eigenvalue weighted by atomic mass is 31.1. The first-order chi connectivity index (χ1) is 19.0. The molecule has 2 fully saturated rings. The molecule has 7 nitrogen and oxygen atoms in total. The quantitative estimate of drug-likeness (QED) is 0.334. The molecule has 1 heterocycles. The Hall–Kier alpha value is -1.86. The van der Waals surface area contributed by atoms with E-state index < -0.39 is 14.4 Å². The molecule has 2 aromatic rings. The zero-order valence-corrected chi connectivity index (χ0v) is 24.6. The molecule has 0 radical (unpaired) electrons. The first-order valence-electron chi connectivity index (χ1n) is 14.7. The third-order valence-corrected chi connectivity index (χ3v) is 8.08. The van der Waals surface area contributed by atoms with Crippen LogP contribution in [0.5, 0.6) is 5.75 Å². The molecular formula is C31H47N2O5P. The molecule has 3 atom stereocenters. The van der Waals surface area contributed by atoms with Crippen LogP contribution in [-0.4, -0.2) is 60.3 Å². The lowest BCUT2D eigenvalue weighted by Crippen LogP contribution is -2.51. The SMILES string of the molecule is CCCC.O=[P+]([O-])OCc1ccccc1OCC(O)CN1CCN(C(c2ccccc2)C2CCCCC2)CC1. The zero-order valence-electron chi connectivity index (χ0n) is 23.7. The number of piperazine rings is 1. The Balaban J connectivity index is 0.000000983. The van der Waals surface area contributed by atoms with Crippen molar-refractivity contribution in [3.63, 3.8) is 0 Å². The molecule has 1 saturated carbocycles. The molecule has 0 amide bonds. The maximum absolute atomic E-state index is 10.7. The van der Waals surface area contributed by atoms with Crippen molar-refractivity contribution in [1.82, 2.24) is 9.80 Å². The number of para-hydroxylation sites is 1. The molecule has 2 aliphatic rings. The second-order valence-corrected chi connectivity index (χ2v) is 11.4. The van der Waals surface area contributed by atoms with Crippen LogP contribution >= 0.6 is 8.25 Å². The topological polar surface area (TPSA) is 85.3 Å². The van der Waals surface area contributed by atoms with Crippen LogP contribution in [0.2, 0.25) is 0 Å². The smallest absolute Gasteiger partial charge is 0.488 e. The van der Waals surface area contributed by atoms with Crippen molar-refractivity contribution in [1.29, 1.82) is 0 Å². The van der Waals surface area contributed by atoms with Gasteiger partial charge in [0.15, 0.2) is 0 Å². The molecule has 0 aromatic heterocycles. The van der Waals surface area contributed by atoms with Gasteiger partial charge < -0.3 is 14.7 Å². The number of nitrogens with zero attached hydrogens (tertiary/aromatic N) is 2. The minimum Gasteiger partial charge on any atom is -0.566 e. The van der Waals surface area contributed by atoms with Crippen molar-refractivity contribution >= 4 is 8.25 Å². The molecule has 1 aliphatic carbocycles. The molecule has 216 valence electrons. The minimum atomic E-state index is -2.91. The highest BCUT2D eigenvalue weighted by Crippen LogP contribution is 2.38. The number of hydrogen-bond acceptors (Lipinski definition) is 7. The summed E-state index contributed by atoms with van der Waals surface area (Å²) in [5.41, 5.74) is 2.08. The van der Waals surface area contributed by atoms with Crippen molar-refractivity contribution in [3.8, 4) is 5.75 Å². The lowest BCUT2D eigenvalue weighted by molar-refractivity contribution is -0.186. The van der Waals surface area contributed by atoms with Gasteiger partial charge in [0.05, 0.1) is 0 Å². The van der Waals surface area contributed by atoms with Gasteiger partial charge in [0, 0.05) is 44.3 Å². The number of aliphatic hydroxyl groups is 1. The van der Waals surface area contributed by atoms with Crippen molar-refractivity contribution in [2.24, 2.45) is 5.92 Å². The second kappa shape index (κ2) is 17.8. The molecule has 0 bridgehead atoms. The van der Waals surface area contributed by atoms with E-state index in [1.165, 1.54) is 50.5 Å². The van der Waals surface area contributed by atoms with Crippen molar-refractivity contribution < 1.29 is 23.8 Å². The molecule has 1 saturated heterocycles. The average Bonchev–Trinajstić information content (AvgIpc) is 2.97. The highest BCUT2D eigenvalue weighted by molar-refractivity contribution is 7.30. The Morgan fingerprint density at radius 2 is 1.59 bits per heavy atom. The number of hydrogen-bond donors (Lipinski definition) is 1. The minimum absolute atomic E-state index is 0.0729. The molecule has 8 heteroatoms. The van der Waals surface area contributed by atoms with E-state index in [9.17, 15) is 14.6 Å². The van der Waals surface area contributed by atoms with Gasteiger partial charge in [0.1, 0.15) is 25.1 Å². The molecule has 3 unspecified atom stereocenters.